The fourth-order valence-electron chi connectivity index (χ4n) is 1.83. The summed E-state index contributed by atoms with van der Waals surface area (Å²) in [5, 5.41) is 0. The van der Waals surface area contributed by atoms with E-state index in [2.05, 4.69) is 0 Å². The molecule has 0 aromatic heterocycles. The number of Topliss-reactive ketones (excluding diaryl/α,β-unsaturated/α-hetero) is 1. The molecule has 0 saturated carbocycles. The van der Waals surface area contributed by atoms with Gasteiger partial charge in [-0.15, -0.1) is 0 Å². The monoisotopic (exact) mass is 264 g/mol. The highest BCUT2D eigenvalue weighted by Gasteiger charge is 2.24. The number of ether oxygens (including phenoxy) is 2. The second kappa shape index (κ2) is 7.41. The first-order valence-corrected chi connectivity index (χ1v) is 6.74. The molecule has 106 valence electrons. The van der Waals surface area contributed by atoms with Crippen molar-refractivity contribution in [3.63, 3.8) is 0 Å². The standard InChI is InChI=1S/C16H24O3/c1-5-19-15(13-9-7-6-8-10-13)14(17)11-12-16(2,3)18-4/h6-10,15H,5,11-12H2,1-4H3. The van der Waals surface area contributed by atoms with E-state index in [1.807, 2.05) is 51.1 Å². The van der Waals surface area contributed by atoms with Gasteiger partial charge in [-0.2, -0.15) is 0 Å². The number of ketones is 1. The third kappa shape index (κ3) is 5.13. The SMILES string of the molecule is CCOC(C(=O)CCC(C)(C)OC)c1ccccc1. The Balaban J connectivity index is 2.69. The van der Waals surface area contributed by atoms with Crippen LogP contribution < -0.4 is 0 Å². The predicted molar refractivity (Wildman–Crippen MR) is 76.1 cm³/mol. The van der Waals surface area contributed by atoms with Crippen molar-refractivity contribution in [3.8, 4) is 0 Å². The third-order valence-electron chi connectivity index (χ3n) is 3.25. The maximum atomic E-state index is 12.3. The summed E-state index contributed by atoms with van der Waals surface area (Å²) in [5.74, 6) is 0.109. The summed E-state index contributed by atoms with van der Waals surface area (Å²) in [6.45, 7) is 6.40. The Morgan fingerprint density at radius 2 is 1.89 bits per heavy atom. The second-order valence-corrected chi connectivity index (χ2v) is 5.18. The molecule has 0 aliphatic rings. The lowest BCUT2D eigenvalue weighted by molar-refractivity contribution is -0.132. The van der Waals surface area contributed by atoms with E-state index in [1.54, 1.807) is 7.11 Å². The topological polar surface area (TPSA) is 35.5 Å². The largest absolute Gasteiger partial charge is 0.379 e. The Kier molecular flexibility index (Phi) is 6.19. The van der Waals surface area contributed by atoms with Crippen LogP contribution in [0, 0.1) is 0 Å². The van der Waals surface area contributed by atoms with E-state index in [1.165, 1.54) is 0 Å². The highest BCUT2D eigenvalue weighted by atomic mass is 16.5. The van der Waals surface area contributed by atoms with Crippen LogP contribution in [-0.4, -0.2) is 25.1 Å². The van der Waals surface area contributed by atoms with Crippen molar-refractivity contribution < 1.29 is 14.3 Å². The zero-order chi connectivity index (χ0) is 14.3. The number of hydrogen-bond acceptors (Lipinski definition) is 3. The molecule has 1 aromatic rings. The molecule has 0 amide bonds. The molecule has 0 fully saturated rings. The van der Waals surface area contributed by atoms with Crippen molar-refractivity contribution in [2.45, 2.75) is 45.3 Å². The molecule has 0 saturated heterocycles. The van der Waals surface area contributed by atoms with Gasteiger partial charge >= 0.3 is 0 Å². The summed E-state index contributed by atoms with van der Waals surface area (Å²) in [5.41, 5.74) is 0.646. The summed E-state index contributed by atoms with van der Waals surface area (Å²) in [7, 11) is 1.67. The average molecular weight is 264 g/mol. The van der Waals surface area contributed by atoms with Crippen molar-refractivity contribution in [2.24, 2.45) is 0 Å². The minimum atomic E-state index is -0.459. The van der Waals surface area contributed by atoms with E-state index in [9.17, 15) is 4.79 Å². The van der Waals surface area contributed by atoms with Crippen LogP contribution in [0.1, 0.15) is 45.3 Å². The molecular weight excluding hydrogens is 240 g/mol. The van der Waals surface area contributed by atoms with Gasteiger partial charge in [0.1, 0.15) is 6.10 Å². The van der Waals surface area contributed by atoms with Crippen molar-refractivity contribution in [3.05, 3.63) is 35.9 Å². The second-order valence-electron chi connectivity index (χ2n) is 5.18. The molecule has 3 nitrogen and oxygen atoms in total. The molecule has 0 spiro atoms. The van der Waals surface area contributed by atoms with E-state index in [0.717, 1.165) is 5.56 Å². The Bertz CT molecular complexity index is 384. The van der Waals surface area contributed by atoms with E-state index >= 15 is 0 Å². The van der Waals surface area contributed by atoms with Gasteiger partial charge in [0.15, 0.2) is 5.78 Å². The summed E-state index contributed by atoms with van der Waals surface area (Å²) in [4.78, 5) is 12.3. The highest BCUT2D eigenvalue weighted by Crippen LogP contribution is 2.23. The van der Waals surface area contributed by atoms with Crippen molar-refractivity contribution in [2.75, 3.05) is 13.7 Å². The number of methoxy groups -OCH3 is 1. The Morgan fingerprint density at radius 3 is 2.42 bits per heavy atom. The third-order valence-corrected chi connectivity index (χ3v) is 3.25. The zero-order valence-electron chi connectivity index (χ0n) is 12.3. The molecule has 1 rings (SSSR count). The van der Waals surface area contributed by atoms with Crippen molar-refractivity contribution in [1.82, 2.24) is 0 Å². The summed E-state index contributed by atoms with van der Waals surface area (Å²) in [6.07, 6.45) is 0.693. The molecule has 0 N–H and O–H groups in total. The van der Waals surface area contributed by atoms with Crippen molar-refractivity contribution >= 4 is 5.78 Å². The van der Waals surface area contributed by atoms with E-state index in [0.29, 0.717) is 19.4 Å². The molecule has 0 aliphatic heterocycles. The quantitative estimate of drug-likeness (QED) is 0.720. The molecule has 0 aliphatic carbocycles. The number of benzene rings is 1. The number of rotatable bonds is 8. The lowest BCUT2D eigenvalue weighted by Gasteiger charge is -2.23. The molecule has 1 aromatic carbocycles. The Hall–Kier alpha value is -1.19. The maximum Gasteiger partial charge on any atom is 0.166 e. The minimum absolute atomic E-state index is 0.109. The van der Waals surface area contributed by atoms with E-state index < -0.39 is 6.10 Å². The van der Waals surface area contributed by atoms with Gasteiger partial charge in [0.2, 0.25) is 0 Å². The molecule has 0 bridgehead atoms. The minimum Gasteiger partial charge on any atom is -0.379 e. The van der Waals surface area contributed by atoms with Gasteiger partial charge in [0, 0.05) is 20.1 Å². The Labute approximate surface area is 115 Å². The van der Waals surface area contributed by atoms with Crippen LogP contribution in [0.5, 0.6) is 0 Å². The smallest absolute Gasteiger partial charge is 0.166 e. The highest BCUT2D eigenvalue weighted by molar-refractivity contribution is 5.84. The lowest BCUT2D eigenvalue weighted by atomic mass is 9.96. The van der Waals surface area contributed by atoms with Gasteiger partial charge in [-0.25, -0.2) is 0 Å². The Morgan fingerprint density at radius 1 is 1.26 bits per heavy atom. The molecule has 0 radical (unpaired) electrons. The summed E-state index contributed by atoms with van der Waals surface area (Å²) >= 11 is 0. The van der Waals surface area contributed by atoms with Crippen LogP contribution in [-0.2, 0) is 14.3 Å². The fourth-order valence-corrected chi connectivity index (χ4v) is 1.83. The molecule has 1 unspecified atom stereocenters. The van der Waals surface area contributed by atoms with Crippen LogP contribution in [0.3, 0.4) is 0 Å². The predicted octanol–water partition coefficient (Wildman–Crippen LogP) is 3.54. The lowest BCUT2D eigenvalue weighted by Crippen LogP contribution is -2.25. The first-order chi connectivity index (χ1) is 9.00. The van der Waals surface area contributed by atoms with Gasteiger partial charge in [0.05, 0.1) is 5.60 Å². The maximum absolute atomic E-state index is 12.3. The van der Waals surface area contributed by atoms with Crippen LogP contribution >= 0.6 is 0 Å². The first kappa shape index (κ1) is 15.9. The van der Waals surface area contributed by atoms with Crippen LogP contribution in [0.2, 0.25) is 0 Å². The molecule has 0 heterocycles. The molecule has 3 heteroatoms. The normalized spacial score (nSPS) is 13.3. The van der Waals surface area contributed by atoms with Gasteiger partial charge in [0.25, 0.3) is 0 Å². The van der Waals surface area contributed by atoms with Gasteiger partial charge in [-0.1, -0.05) is 30.3 Å². The number of hydrogen-bond donors (Lipinski definition) is 0. The van der Waals surface area contributed by atoms with E-state index in [4.69, 9.17) is 9.47 Å². The van der Waals surface area contributed by atoms with Crippen LogP contribution in [0.25, 0.3) is 0 Å². The van der Waals surface area contributed by atoms with Gasteiger partial charge in [-0.3, -0.25) is 4.79 Å². The molecule has 19 heavy (non-hydrogen) atoms. The van der Waals surface area contributed by atoms with Gasteiger partial charge in [-0.05, 0) is 32.8 Å². The molecular formula is C16H24O3. The fraction of sp³-hybridized carbons (Fsp3) is 0.562. The van der Waals surface area contributed by atoms with Crippen LogP contribution in [0.15, 0.2) is 30.3 Å². The van der Waals surface area contributed by atoms with E-state index in [-0.39, 0.29) is 11.4 Å². The average Bonchev–Trinajstić information content (AvgIpc) is 2.43. The number of carbonyl (C=O) groups is 1. The zero-order valence-corrected chi connectivity index (χ0v) is 12.3. The summed E-state index contributed by atoms with van der Waals surface area (Å²) < 4.78 is 10.9. The van der Waals surface area contributed by atoms with Crippen molar-refractivity contribution in [1.29, 1.82) is 0 Å². The summed E-state index contributed by atoms with van der Waals surface area (Å²) in [6, 6.07) is 9.64. The number of carbonyl (C=O) groups excluding carboxylic acids is 1. The first-order valence-electron chi connectivity index (χ1n) is 6.74. The molecule has 1 atom stereocenters. The van der Waals surface area contributed by atoms with Crippen LogP contribution in [0.4, 0.5) is 0 Å². The van der Waals surface area contributed by atoms with Gasteiger partial charge < -0.3 is 9.47 Å².